The largest absolute Gasteiger partial charge is 0.391 e. The van der Waals surface area contributed by atoms with Crippen LogP contribution in [0.3, 0.4) is 0 Å². The Labute approximate surface area is 233 Å². The van der Waals surface area contributed by atoms with Gasteiger partial charge in [-0.1, -0.05) is 6.07 Å². The van der Waals surface area contributed by atoms with Gasteiger partial charge in [0.2, 0.25) is 0 Å². The summed E-state index contributed by atoms with van der Waals surface area (Å²) in [6.07, 6.45) is 3.25. The van der Waals surface area contributed by atoms with Crippen molar-refractivity contribution < 1.29 is 23.4 Å². The van der Waals surface area contributed by atoms with Crippen molar-refractivity contribution in [3.63, 3.8) is 0 Å². The number of piperidine rings is 1. The molecule has 0 unspecified atom stereocenters. The molecule has 2 fully saturated rings. The second kappa shape index (κ2) is 10.7. The Morgan fingerprint density at radius 3 is 2.77 bits per heavy atom. The van der Waals surface area contributed by atoms with E-state index in [1.807, 2.05) is 6.07 Å². The lowest BCUT2D eigenvalue weighted by Gasteiger charge is -2.30. The molecule has 2 saturated heterocycles. The quantitative estimate of drug-likeness (QED) is 0.379. The van der Waals surface area contributed by atoms with Gasteiger partial charge in [-0.3, -0.25) is 9.48 Å². The fraction of sp³-hybridized carbons (Fsp3) is 0.345. The zero-order valence-electron chi connectivity index (χ0n) is 21.5. The maximum atomic E-state index is 15.7. The molecule has 3 atom stereocenters. The zero-order valence-corrected chi connectivity index (χ0v) is 22.3. The number of rotatable bonds is 4. The molecule has 206 valence electrons. The normalized spacial score (nSPS) is 21.5. The highest BCUT2D eigenvalue weighted by Gasteiger charge is 2.28. The molecule has 8 nitrogen and oxygen atoms in total. The highest BCUT2D eigenvalue weighted by Crippen LogP contribution is 2.42. The number of nitrogens with zero attached hydrogens (tertiary/aromatic N) is 4. The second-order valence-corrected chi connectivity index (χ2v) is 11.4. The Morgan fingerprint density at radius 1 is 1.18 bits per heavy atom. The molecule has 3 N–H and O–H groups in total. The summed E-state index contributed by atoms with van der Waals surface area (Å²) < 4.78 is 37.5. The van der Waals surface area contributed by atoms with Crippen molar-refractivity contribution in [1.29, 1.82) is 5.26 Å². The van der Waals surface area contributed by atoms with E-state index in [0.717, 1.165) is 24.2 Å². The lowest BCUT2D eigenvalue weighted by atomic mass is 9.99. The predicted octanol–water partition coefficient (Wildman–Crippen LogP) is 4.47. The van der Waals surface area contributed by atoms with Crippen LogP contribution in [0.25, 0.3) is 32.5 Å². The molecule has 2 aromatic carbocycles. The monoisotopic (exact) mass is 563 g/mol. The molecule has 6 rings (SSSR count). The van der Waals surface area contributed by atoms with Crippen LogP contribution in [-0.2, 0) is 4.74 Å². The number of nitrogens with two attached hydrogens (primary N) is 1. The van der Waals surface area contributed by atoms with Gasteiger partial charge in [-0.05, 0) is 49.1 Å². The van der Waals surface area contributed by atoms with Crippen LogP contribution in [0.1, 0.15) is 40.5 Å². The third-order valence-corrected chi connectivity index (χ3v) is 8.73. The van der Waals surface area contributed by atoms with Crippen LogP contribution in [0.15, 0.2) is 42.6 Å². The van der Waals surface area contributed by atoms with Gasteiger partial charge in [-0.15, -0.1) is 11.3 Å². The van der Waals surface area contributed by atoms with Crippen molar-refractivity contribution in [2.75, 3.05) is 26.3 Å². The van der Waals surface area contributed by atoms with E-state index in [1.165, 1.54) is 18.2 Å². The maximum absolute atomic E-state index is 15.7. The Bertz CT molecular complexity index is 1640. The van der Waals surface area contributed by atoms with Gasteiger partial charge in [0.15, 0.2) is 0 Å². The molecule has 0 bridgehead atoms. The number of nitriles is 1. The summed E-state index contributed by atoms with van der Waals surface area (Å²) in [5.41, 5.74) is 7.57. The summed E-state index contributed by atoms with van der Waals surface area (Å²) in [5, 5.41) is 24.7. The minimum absolute atomic E-state index is 0.103. The van der Waals surface area contributed by atoms with Crippen molar-refractivity contribution in [2.45, 2.75) is 37.5 Å². The van der Waals surface area contributed by atoms with Crippen molar-refractivity contribution in [1.82, 2.24) is 14.7 Å². The van der Waals surface area contributed by atoms with E-state index in [-0.39, 0.29) is 29.1 Å². The third kappa shape index (κ3) is 4.88. The van der Waals surface area contributed by atoms with Crippen LogP contribution < -0.4 is 5.73 Å². The molecule has 2 aromatic heterocycles. The number of aliphatic hydroxyl groups is 1. The summed E-state index contributed by atoms with van der Waals surface area (Å²) in [7, 11) is 0. The first-order valence-corrected chi connectivity index (χ1v) is 14.0. The lowest BCUT2D eigenvalue weighted by molar-refractivity contribution is -0.0327. The molecular formula is C29H27F2N5O3S. The number of carbonyl (C=O) groups excluding carboxylic acids is 1. The second-order valence-electron chi connectivity index (χ2n) is 10.3. The standard InChI is InChI=1S/C29H27F2N5O3S/c30-22-9-16(3-4-17(22)12-32)20-10-27(29(38)35-6-1-2-19(33)14-35)40-28(20)21-8-18-13-36(34-24(18)11-23(21)31)25-15-39-7-5-26(25)37/h3-4,8-11,13,19,25-26,37H,1-2,5-7,14-15,33H2/t19-,25+,26+/m1/s1. The Morgan fingerprint density at radius 2 is 2.02 bits per heavy atom. The van der Waals surface area contributed by atoms with E-state index >= 15 is 4.39 Å². The number of aliphatic hydroxyl groups excluding tert-OH is 1. The number of halogens is 2. The molecule has 2 aliphatic rings. The molecule has 40 heavy (non-hydrogen) atoms. The van der Waals surface area contributed by atoms with E-state index in [4.69, 9.17) is 10.5 Å². The van der Waals surface area contributed by atoms with Gasteiger partial charge in [-0.25, -0.2) is 8.78 Å². The molecule has 2 aliphatic heterocycles. The average molecular weight is 564 g/mol. The summed E-state index contributed by atoms with van der Waals surface area (Å²) in [6.45, 7) is 1.79. The van der Waals surface area contributed by atoms with Gasteiger partial charge in [0.05, 0.1) is 28.7 Å². The number of hydrogen-bond donors (Lipinski definition) is 2. The molecule has 0 spiro atoms. The Balaban J connectivity index is 1.46. The van der Waals surface area contributed by atoms with E-state index < -0.39 is 17.7 Å². The Hall–Kier alpha value is -3.69. The van der Waals surface area contributed by atoms with Gasteiger partial charge in [0.1, 0.15) is 23.7 Å². The van der Waals surface area contributed by atoms with Crippen LogP contribution in [-0.4, -0.2) is 64.1 Å². The SMILES string of the molecule is N#Cc1ccc(-c2cc(C(=O)N3CCC[C@@H](N)C3)sc2-c2cc3cn([C@H]4COCC[C@@H]4O)nc3cc2F)cc1F. The Kier molecular flexibility index (Phi) is 7.10. The summed E-state index contributed by atoms with van der Waals surface area (Å²) in [4.78, 5) is 16.0. The minimum Gasteiger partial charge on any atom is -0.391 e. The fourth-order valence-corrected chi connectivity index (χ4v) is 6.57. The van der Waals surface area contributed by atoms with Gasteiger partial charge in [0, 0.05) is 59.4 Å². The highest BCUT2D eigenvalue weighted by molar-refractivity contribution is 7.18. The van der Waals surface area contributed by atoms with Gasteiger partial charge in [0.25, 0.3) is 5.91 Å². The van der Waals surface area contributed by atoms with Crippen molar-refractivity contribution >= 4 is 28.1 Å². The smallest absolute Gasteiger partial charge is 0.264 e. The van der Waals surface area contributed by atoms with E-state index in [2.05, 4.69) is 5.10 Å². The first-order chi connectivity index (χ1) is 19.3. The van der Waals surface area contributed by atoms with Gasteiger partial charge < -0.3 is 20.5 Å². The number of carbonyl (C=O) groups is 1. The minimum atomic E-state index is -0.697. The average Bonchev–Trinajstić information content (AvgIpc) is 3.57. The van der Waals surface area contributed by atoms with E-state index in [9.17, 15) is 19.6 Å². The molecule has 4 heterocycles. The summed E-state index contributed by atoms with van der Waals surface area (Å²) in [6, 6.07) is 10.2. The third-order valence-electron chi connectivity index (χ3n) is 7.57. The zero-order chi connectivity index (χ0) is 28.0. The number of fused-ring (bicyclic) bond motifs is 1. The predicted molar refractivity (Wildman–Crippen MR) is 147 cm³/mol. The molecule has 0 aliphatic carbocycles. The number of thiophene rings is 1. The number of hydrogen-bond acceptors (Lipinski definition) is 7. The van der Waals surface area contributed by atoms with Crippen molar-refractivity contribution in [3.05, 3.63) is 64.7 Å². The molecule has 11 heteroatoms. The van der Waals surface area contributed by atoms with Crippen LogP contribution >= 0.6 is 11.3 Å². The first-order valence-electron chi connectivity index (χ1n) is 13.2. The van der Waals surface area contributed by atoms with Crippen LogP contribution in [0.2, 0.25) is 0 Å². The van der Waals surface area contributed by atoms with Crippen molar-refractivity contribution in [2.24, 2.45) is 5.73 Å². The molecule has 0 radical (unpaired) electrons. The molecule has 4 aromatic rings. The maximum Gasteiger partial charge on any atom is 0.264 e. The summed E-state index contributed by atoms with van der Waals surface area (Å²) >= 11 is 1.14. The number of amides is 1. The topological polar surface area (TPSA) is 117 Å². The number of ether oxygens (including phenoxy) is 1. The van der Waals surface area contributed by atoms with E-state index in [1.54, 1.807) is 34.0 Å². The lowest BCUT2D eigenvalue weighted by Crippen LogP contribution is -2.45. The molecule has 1 amide bonds. The highest BCUT2D eigenvalue weighted by atomic mass is 32.1. The molecular weight excluding hydrogens is 536 g/mol. The summed E-state index contributed by atoms with van der Waals surface area (Å²) in [5.74, 6) is -1.45. The van der Waals surface area contributed by atoms with Crippen LogP contribution in [0.5, 0.6) is 0 Å². The van der Waals surface area contributed by atoms with Gasteiger partial charge >= 0.3 is 0 Å². The number of likely N-dealkylation sites (tertiary alicyclic amines) is 1. The number of aromatic nitrogens is 2. The van der Waals surface area contributed by atoms with Crippen LogP contribution in [0.4, 0.5) is 8.78 Å². The molecule has 0 saturated carbocycles. The van der Waals surface area contributed by atoms with E-state index in [0.29, 0.717) is 64.5 Å². The van der Waals surface area contributed by atoms with Crippen LogP contribution in [0, 0.1) is 23.0 Å². The fourth-order valence-electron chi connectivity index (χ4n) is 5.41. The number of benzene rings is 2. The van der Waals surface area contributed by atoms with Crippen molar-refractivity contribution in [3.8, 4) is 27.6 Å². The first kappa shape index (κ1) is 26.5. The van der Waals surface area contributed by atoms with Gasteiger partial charge in [-0.2, -0.15) is 10.4 Å².